The minimum absolute atomic E-state index is 0.0230. The highest BCUT2D eigenvalue weighted by Gasteiger charge is 2.18. The van der Waals surface area contributed by atoms with Crippen LogP contribution in [0.1, 0.15) is 17.2 Å². The number of rotatable bonds is 3. The molecule has 2 aromatic rings. The maximum Gasteiger partial charge on any atom is 0.146 e. The first-order chi connectivity index (χ1) is 8.63. The molecule has 18 heavy (non-hydrogen) atoms. The number of halogens is 3. The lowest BCUT2D eigenvalue weighted by atomic mass is 9.99. The molecule has 1 atom stereocenters. The van der Waals surface area contributed by atoms with E-state index in [0.29, 0.717) is 11.1 Å². The van der Waals surface area contributed by atoms with Crippen LogP contribution in [0.25, 0.3) is 0 Å². The number of nitrogens with two attached hydrogens (primary N) is 1. The van der Waals surface area contributed by atoms with Gasteiger partial charge in [-0.25, -0.2) is 14.2 Å². The third-order valence-electron chi connectivity index (χ3n) is 2.66. The van der Waals surface area contributed by atoms with E-state index in [1.54, 1.807) is 24.3 Å². The van der Waals surface area contributed by atoms with Crippen LogP contribution in [-0.2, 0) is 0 Å². The second-order valence-corrected chi connectivity index (χ2v) is 4.20. The van der Waals surface area contributed by atoms with E-state index in [1.807, 2.05) is 0 Å². The molecule has 0 radical (unpaired) electrons. The lowest BCUT2D eigenvalue weighted by Gasteiger charge is -2.18. The van der Waals surface area contributed by atoms with Gasteiger partial charge in [0.15, 0.2) is 0 Å². The van der Waals surface area contributed by atoms with Crippen molar-refractivity contribution in [2.45, 2.75) is 6.04 Å². The molecule has 2 nitrogen and oxygen atoms in total. The Hall–Kier alpha value is -1.49. The zero-order chi connectivity index (χ0) is 13.1. The molecule has 2 rings (SSSR count). The third kappa shape index (κ3) is 2.51. The fourth-order valence-corrected chi connectivity index (χ4v) is 1.95. The Labute approximate surface area is 108 Å². The summed E-state index contributed by atoms with van der Waals surface area (Å²) in [5.74, 6) is 4.54. The number of hydrazine groups is 1. The van der Waals surface area contributed by atoms with Gasteiger partial charge in [0.25, 0.3) is 0 Å². The maximum absolute atomic E-state index is 13.9. The summed E-state index contributed by atoms with van der Waals surface area (Å²) in [4.78, 5) is 0. The first-order valence-corrected chi connectivity index (χ1v) is 5.66. The standard InChI is InChI=1S/C13H11ClF2N2/c14-11-3-1-2-10(12(11)16)13(18-17)8-4-6-9(15)7-5-8/h1-7,13,18H,17H2. The van der Waals surface area contributed by atoms with Crippen LogP contribution < -0.4 is 11.3 Å². The highest BCUT2D eigenvalue weighted by Crippen LogP contribution is 2.27. The van der Waals surface area contributed by atoms with E-state index >= 15 is 0 Å². The van der Waals surface area contributed by atoms with Gasteiger partial charge in [-0.1, -0.05) is 35.9 Å². The van der Waals surface area contributed by atoms with E-state index in [0.717, 1.165) is 0 Å². The summed E-state index contributed by atoms with van der Waals surface area (Å²) < 4.78 is 26.8. The Balaban J connectivity index is 2.45. The topological polar surface area (TPSA) is 38.0 Å². The van der Waals surface area contributed by atoms with Crippen LogP contribution in [-0.4, -0.2) is 0 Å². The van der Waals surface area contributed by atoms with Crippen molar-refractivity contribution >= 4 is 11.6 Å². The third-order valence-corrected chi connectivity index (χ3v) is 2.95. The van der Waals surface area contributed by atoms with E-state index in [-0.39, 0.29) is 10.8 Å². The van der Waals surface area contributed by atoms with Crippen LogP contribution in [0, 0.1) is 11.6 Å². The molecule has 0 bridgehead atoms. The molecule has 0 spiro atoms. The Bertz CT molecular complexity index is 543. The highest BCUT2D eigenvalue weighted by molar-refractivity contribution is 6.30. The van der Waals surface area contributed by atoms with E-state index in [2.05, 4.69) is 5.43 Å². The first-order valence-electron chi connectivity index (χ1n) is 5.29. The minimum Gasteiger partial charge on any atom is -0.271 e. The van der Waals surface area contributed by atoms with Crippen molar-refractivity contribution in [3.8, 4) is 0 Å². The van der Waals surface area contributed by atoms with Crippen LogP contribution in [0.4, 0.5) is 8.78 Å². The van der Waals surface area contributed by atoms with Gasteiger partial charge in [0.2, 0.25) is 0 Å². The number of nitrogens with one attached hydrogen (secondary N) is 1. The molecule has 0 amide bonds. The molecule has 0 fully saturated rings. The van der Waals surface area contributed by atoms with Crippen molar-refractivity contribution in [2.75, 3.05) is 0 Å². The predicted octanol–water partition coefficient (Wildman–Crippen LogP) is 3.17. The second kappa shape index (κ2) is 5.44. The molecular formula is C13H11ClF2N2. The number of benzene rings is 2. The van der Waals surface area contributed by atoms with Gasteiger partial charge in [0.05, 0.1) is 11.1 Å². The van der Waals surface area contributed by atoms with Gasteiger partial charge in [-0.3, -0.25) is 5.84 Å². The second-order valence-electron chi connectivity index (χ2n) is 3.79. The summed E-state index contributed by atoms with van der Waals surface area (Å²) in [6.07, 6.45) is 0. The van der Waals surface area contributed by atoms with E-state index in [4.69, 9.17) is 17.4 Å². The highest BCUT2D eigenvalue weighted by atomic mass is 35.5. The summed E-state index contributed by atoms with van der Waals surface area (Å²) in [7, 11) is 0. The van der Waals surface area contributed by atoms with Crippen LogP contribution >= 0.6 is 11.6 Å². The molecule has 2 aromatic carbocycles. The first kappa shape index (κ1) is 13.0. The lowest BCUT2D eigenvalue weighted by Crippen LogP contribution is -2.29. The summed E-state index contributed by atoms with van der Waals surface area (Å²) in [5, 5.41) is 0.0230. The van der Waals surface area contributed by atoms with Crippen LogP contribution in [0.15, 0.2) is 42.5 Å². The van der Waals surface area contributed by atoms with Crippen LogP contribution in [0.2, 0.25) is 5.02 Å². The molecule has 0 heterocycles. The fraction of sp³-hybridized carbons (Fsp3) is 0.0769. The average Bonchev–Trinajstić information content (AvgIpc) is 2.37. The van der Waals surface area contributed by atoms with Gasteiger partial charge < -0.3 is 0 Å². The van der Waals surface area contributed by atoms with Crippen molar-refractivity contribution in [1.29, 1.82) is 0 Å². The quantitative estimate of drug-likeness (QED) is 0.663. The summed E-state index contributed by atoms with van der Waals surface area (Å²) in [5.41, 5.74) is 3.47. The van der Waals surface area contributed by atoms with Gasteiger partial charge in [-0.05, 0) is 23.8 Å². The van der Waals surface area contributed by atoms with E-state index in [1.165, 1.54) is 18.2 Å². The summed E-state index contributed by atoms with van der Waals surface area (Å²) in [6.45, 7) is 0. The molecule has 0 saturated carbocycles. The Kier molecular flexibility index (Phi) is 3.91. The number of hydrogen-bond acceptors (Lipinski definition) is 2. The smallest absolute Gasteiger partial charge is 0.146 e. The average molecular weight is 269 g/mol. The molecular weight excluding hydrogens is 258 g/mol. The molecule has 0 aliphatic rings. The van der Waals surface area contributed by atoms with E-state index in [9.17, 15) is 8.78 Å². The molecule has 0 aliphatic heterocycles. The monoisotopic (exact) mass is 268 g/mol. The molecule has 0 aromatic heterocycles. The predicted molar refractivity (Wildman–Crippen MR) is 67.0 cm³/mol. The van der Waals surface area contributed by atoms with Gasteiger partial charge in [-0.2, -0.15) is 0 Å². The summed E-state index contributed by atoms with van der Waals surface area (Å²) in [6, 6.07) is 9.76. The Morgan fingerprint density at radius 1 is 1.06 bits per heavy atom. The van der Waals surface area contributed by atoms with Gasteiger partial charge in [-0.15, -0.1) is 0 Å². The molecule has 5 heteroatoms. The van der Waals surface area contributed by atoms with Gasteiger partial charge in [0, 0.05) is 5.56 Å². The SMILES string of the molecule is NNC(c1ccc(F)cc1)c1cccc(Cl)c1F. The fourth-order valence-electron chi connectivity index (χ4n) is 1.76. The van der Waals surface area contributed by atoms with Crippen LogP contribution in [0.5, 0.6) is 0 Å². The molecule has 3 N–H and O–H groups in total. The largest absolute Gasteiger partial charge is 0.271 e. The van der Waals surface area contributed by atoms with Crippen molar-refractivity contribution in [2.24, 2.45) is 5.84 Å². The van der Waals surface area contributed by atoms with Gasteiger partial charge in [0.1, 0.15) is 11.6 Å². The molecule has 1 unspecified atom stereocenters. The van der Waals surface area contributed by atoms with Crippen molar-refractivity contribution < 1.29 is 8.78 Å². The zero-order valence-electron chi connectivity index (χ0n) is 9.33. The van der Waals surface area contributed by atoms with Crippen molar-refractivity contribution in [3.63, 3.8) is 0 Å². The van der Waals surface area contributed by atoms with Crippen molar-refractivity contribution in [3.05, 3.63) is 70.2 Å². The Morgan fingerprint density at radius 2 is 1.72 bits per heavy atom. The molecule has 0 aliphatic carbocycles. The zero-order valence-corrected chi connectivity index (χ0v) is 10.1. The van der Waals surface area contributed by atoms with Crippen LogP contribution in [0.3, 0.4) is 0 Å². The van der Waals surface area contributed by atoms with Crippen molar-refractivity contribution in [1.82, 2.24) is 5.43 Å². The minimum atomic E-state index is -0.579. The normalized spacial score (nSPS) is 12.4. The Morgan fingerprint density at radius 3 is 2.33 bits per heavy atom. The molecule has 94 valence electrons. The summed E-state index contributed by atoms with van der Waals surface area (Å²) >= 11 is 5.72. The maximum atomic E-state index is 13.9. The molecule has 0 saturated heterocycles. The lowest BCUT2D eigenvalue weighted by molar-refractivity contribution is 0.559. The number of hydrogen-bond donors (Lipinski definition) is 2. The van der Waals surface area contributed by atoms with E-state index < -0.39 is 11.9 Å². The van der Waals surface area contributed by atoms with Gasteiger partial charge >= 0.3 is 0 Å².